The van der Waals surface area contributed by atoms with Crippen molar-refractivity contribution >= 4 is 22.5 Å². The van der Waals surface area contributed by atoms with E-state index < -0.39 is 0 Å². The van der Waals surface area contributed by atoms with Gasteiger partial charge in [0.1, 0.15) is 0 Å². The van der Waals surface area contributed by atoms with Crippen LogP contribution >= 0.6 is 11.6 Å². The molecule has 2 heterocycles. The number of aromatic nitrogens is 4. The molecular formula is C12H9ClN4. The van der Waals surface area contributed by atoms with Crippen LogP contribution in [0.5, 0.6) is 0 Å². The lowest BCUT2D eigenvalue weighted by molar-refractivity contribution is 0.780. The van der Waals surface area contributed by atoms with Crippen LogP contribution < -0.4 is 0 Å². The summed E-state index contributed by atoms with van der Waals surface area (Å²) in [6.07, 6.45) is 3.62. The average molecular weight is 245 g/mol. The van der Waals surface area contributed by atoms with Crippen LogP contribution in [0, 0.1) is 0 Å². The molecular weight excluding hydrogens is 236 g/mol. The number of nitrogens with zero attached hydrogens (tertiary/aromatic N) is 4. The standard InChI is InChI=1S/C12H9ClN4/c1-17-7-9-6-8(2-3-11(9)16-17)10-4-5-14-12(13)15-10/h2-7H,1H3. The molecule has 0 amide bonds. The van der Waals surface area contributed by atoms with E-state index >= 15 is 0 Å². The van der Waals surface area contributed by atoms with Crippen molar-refractivity contribution in [2.45, 2.75) is 0 Å². The van der Waals surface area contributed by atoms with Gasteiger partial charge in [-0.15, -0.1) is 0 Å². The number of halogens is 1. The Morgan fingerprint density at radius 3 is 2.94 bits per heavy atom. The summed E-state index contributed by atoms with van der Waals surface area (Å²) >= 11 is 5.78. The lowest BCUT2D eigenvalue weighted by Gasteiger charge is -2.00. The Balaban J connectivity index is 2.17. The Labute approximate surface area is 103 Å². The van der Waals surface area contributed by atoms with E-state index in [4.69, 9.17) is 11.6 Å². The molecule has 0 atom stereocenters. The Kier molecular flexibility index (Phi) is 2.30. The van der Waals surface area contributed by atoms with Crippen LogP contribution in [0.3, 0.4) is 0 Å². The van der Waals surface area contributed by atoms with Crippen molar-refractivity contribution in [2.75, 3.05) is 0 Å². The number of hydrogen-bond acceptors (Lipinski definition) is 3. The summed E-state index contributed by atoms with van der Waals surface area (Å²) in [5.41, 5.74) is 2.79. The fraction of sp³-hybridized carbons (Fsp3) is 0.0833. The number of aryl methyl sites for hydroxylation is 1. The molecule has 2 aromatic heterocycles. The minimum absolute atomic E-state index is 0.258. The van der Waals surface area contributed by atoms with Crippen molar-refractivity contribution in [1.29, 1.82) is 0 Å². The minimum Gasteiger partial charge on any atom is -0.275 e. The van der Waals surface area contributed by atoms with Gasteiger partial charge >= 0.3 is 0 Å². The quantitative estimate of drug-likeness (QED) is 0.618. The van der Waals surface area contributed by atoms with E-state index in [0.717, 1.165) is 22.2 Å². The number of fused-ring (bicyclic) bond motifs is 1. The van der Waals surface area contributed by atoms with Gasteiger partial charge in [0, 0.05) is 30.4 Å². The molecule has 3 aromatic rings. The molecule has 3 rings (SSSR count). The van der Waals surface area contributed by atoms with Crippen LogP contribution in [0.1, 0.15) is 0 Å². The molecule has 0 fully saturated rings. The fourth-order valence-corrected chi connectivity index (χ4v) is 1.95. The molecule has 5 heteroatoms. The van der Waals surface area contributed by atoms with E-state index in [1.165, 1.54) is 0 Å². The molecule has 0 aliphatic heterocycles. The second-order valence-electron chi connectivity index (χ2n) is 3.79. The zero-order chi connectivity index (χ0) is 11.8. The Bertz CT molecular complexity index is 690. The first-order valence-electron chi connectivity index (χ1n) is 5.15. The first-order valence-corrected chi connectivity index (χ1v) is 5.52. The van der Waals surface area contributed by atoms with E-state index in [1.54, 1.807) is 10.9 Å². The van der Waals surface area contributed by atoms with Crippen LogP contribution in [0.2, 0.25) is 5.28 Å². The monoisotopic (exact) mass is 244 g/mol. The van der Waals surface area contributed by atoms with Gasteiger partial charge in [0.2, 0.25) is 5.28 Å². The fourth-order valence-electron chi connectivity index (χ4n) is 1.80. The average Bonchev–Trinajstić information content (AvgIpc) is 2.68. The van der Waals surface area contributed by atoms with Crippen LogP contribution in [-0.4, -0.2) is 19.7 Å². The topological polar surface area (TPSA) is 43.6 Å². The van der Waals surface area contributed by atoms with Gasteiger partial charge in [0.05, 0.1) is 11.2 Å². The summed E-state index contributed by atoms with van der Waals surface area (Å²) in [7, 11) is 1.90. The molecule has 0 aliphatic rings. The van der Waals surface area contributed by atoms with E-state index in [-0.39, 0.29) is 5.28 Å². The predicted molar refractivity (Wildman–Crippen MR) is 66.8 cm³/mol. The van der Waals surface area contributed by atoms with Crippen LogP contribution in [0.25, 0.3) is 22.2 Å². The third kappa shape index (κ3) is 1.87. The van der Waals surface area contributed by atoms with E-state index in [0.29, 0.717) is 0 Å². The van der Waals surface area contributed by atoms with Gasteiger partial charge < -0.3 is 0 Å². The first kappa shape index (κ1) is 10.2. The van der Waals surface area contributed by atoms with E-state index in [2.05, 4.69) is 15.1 Å². The number of benzene rings is 1. The van der Waals surface area contributed by atoms with E-state index in [9.17, 15) is 0 Å². The molecule has 0 N–H and O–H groups in total. The van der Waals surface area contributed by atoms with E-state index in [1.807, 2.05) is 37.5 Å². The first-order chi connectivity index (χ1) is 8.22. The van der Waals surface area contributed by atoms with Crippen LogP contribution in [0.4, 0.5) is 0 Å². The van der Waals surface area contributed by atoms with Gasteiger partial charge in [-0.2, -0.15) is 5.10 Å². The number of rotatable bonds is 1. The second-order valence-corrected chi connectivity index (χ2v) is 4.13. The molecule has 0 bridgehead atoms. The number of hydrogen-bond donors (Lipinski definition) is 0. The lowest BCUT2D eigenvalue weighted by atomic mass is 10.1. The third-order valence-electron chi connectivity index (χ3n) is 2.54. The largest absolute Gasteiger partial charge is 0.275 e. The molecule has 0 saturated heterocycles. The highest BCUT2D eigenvalue weighted by molar-refractivity contribution is 6.28. The SMILES string of the molecule is Cn1cc2cc(-c3ccnc(Cl)n3)ccc2n1. The highest BCUT2D eigenvalue weighted by atomic mass is 35.5. The molecule has 0 unspecified atom stereocenters. The highest BCUT2D eigenvalue weighted by Gasteiger charge is 2.04. The Hall–Kier alpha value is -1.94. The molecule has 0 saturated carbocycles. The van der Waals surface area contributed by atoms with Crippen LogP contribution in [0.15, 0.2) is 36.7 Å². The third-order valence-corrected chi connectivity index (χ3v) is 2.72. The molecule has 0 radical (unpaired) electrons. The molecule has 0 spiro atoms. The second kappa shape index (κ2) is 3.82. The smallest absolute Gasteiger partial charge is 0.222 e. The maximum Gasteiger partial charge on any atom is 0.222 e. The van der Waals surface area contributed by atoms with Gasteiger partial charge in [-0.05, 0) is 29.8 Å². The van der Waals surface area contributed by atoms with Crippen molar-refractivity contribution in [2.24, 2.45) is 7.05 Å². The molecule has 17 heavy (non-hydrogen) atoms. The predicted octanol–water partition coefficient (Wildman–Crippen LogP) is 2.68. The summed E-state index contributed by atoms with van der Waals surface area (Å²) in [6.45, 7) is 0. The molecule has 84 valence electrons. The molecule has 4 nitrogen and oxygen atoms in total. The molecule has 1 aromatic carbocycles. The van der Waals surface area contributed by atoms with Crippen molar-refractivity contribution in [3.63, 3.8) is 0 Å². The van der Waals surface area contributed by atoms with Gasteiger partial charge in [-0.25, -0.2) is 9.97 Å². The molecule has 0 aliphatic carbocycles. The summed E-state index contributed by atoms with van der Waals surface area (Å²) in [5, 5.41) is 5.66. The summed E-state index contributed by atoms with van der Waals surface area (Å²) in [5.74, 6) is 0. The Morgan fingerprint density at radius 1 is 1.24 bits per heavy atom. The van der Waals surface area contributed by atoms with Crippen LogP contribution in [-0.2, 0) is 7.05 Å². The summed E-state index contributed by atoms with van der Waals surface area (Å²) in [4.78, 5) is 8.05. The zero-order valence-corrected chi connectivity index (χ0v) is 9.89. The van der Waals surface area contributed by atoms with Crippen molar-refractivity contribution in [1.82, 2.24) is 19.7 Å². The van der Waals surface area contributed by atoms with Crippen molar-refractivity contribution in [3.05, 3.63) is 41.9 Å². The van der Waals surface area contributed by atoms with Gasteiger partial charge in [0.25, 0.3) is 0 Å². The normalized spacial score (nSPS) is 10.9. The summed E-state index contributed by atoms with van der Waals surface area (Å²) in [6, 6.07) is 7.83. The maximum atomic E-state index is 5.78. The van der Waals surface area contributed by atoms with Crippen molar-refractivity contribution in [3.8, 4) is 11.3 Å². The summed E-state index contributed by atoms with van der Waals surface area (Å²) < 4.78 is 1.79. The van der Waals surface area contributed by atoms with Crippen molar-refractivity contribution < 1.29 is 0 Å². The van der Waals surface area contributed by atoms with Gasteiger partial charge in [0.15, 0.2) is 0 Å². The maximum absolute atomic E-state index is 5.78. The highest BCUT2D eigenvalue weighted by Crippen LogP contribution is 2.22. The lowest BCUT2D eigenvalue weighted by Crippen LogP contribution is -1.86. The Morgan fingerprint density at radius 2 is 2.12 bits per heavy atom. The zero-order valence-electron chi connectivity index (χ0n) is 9.13. The van der Waals surface area contributed by atoms with Gasteiger partial charge in [-0.1, -0.05) is 6.07 Å². The minimum atomic E-state index is 0.258. The van der Waals surface area contributed by atoms with Gasteiger partial charge in [-0.3, -0.25) is 4.68 Å².